The molecule has 11 heavy (non-hydrogen) atoms. The van der Waals surface area contributed by atoms with Crippen molar-refractivity contribution in [3.05, 3.63) is 18.0 Å². The van der Waals surface area contributed by atoms with Gasteiger partial charge in [-0.25, -0.2) is 0 Å². The number of hydrogen-bond acceptors (Lipinski definition) is 2. The largest absolute Gasteiger partial charge is 0.390 e. The van der Waals surface area contributed by atoms with E-state index in [2.05, 4.69) is 21.0 Å². The van der Waals surface area contributed by atoms with E-state index in [4.69, 9.17) is 0 Å². The average molecular weight is 219 g/mol. The molecule has 1 aromatic rings. The maximum atomic E-state index is 9.21. The predicted octanol–water partition coefficient (Wildman–Crippen LogP) is 0.947. The molecule has 0 aliphatic carbocycles. The molecule has 0 aliphatic rings. The van der Waals surface area contributed by atoms with Crippen LogP contribution >= 0.6 is 15.9 Å². The molecule has 0 amide bonds. The second-order valence-corrected chi connectivity index (χ2v) is 3.20. The SMILES string of the molecule is Cc1cnn(CC(O)CBr)c1. The summed E-state index contributed by atoms with van der Waals surface area (Å²) in [6.45, 7) is 2.53. The van der Waals surface area contributed by atoms with Gasteiger partial charge in [-0.2, -0.15) is 5.10 Å². The third kappa shape index (κ3) is 2.63. The standard InChI is InChI=1S/C7H11BrN2O/c1-6-3-9-10(4-6)5-7(11)2-8/h3-4,7,11H,2,5H2,1H3. The molecule has 62 valence electrons. The molecule has 1 unspecified atom stereocenters. The Balaban J connectivity index is 2.50. The van der Waals surface area contributed by atoms with Crippen LogP contribution in [0, 0.1) is 6.92 Å². The first kappa shape index (κ1) is 8.74. The summed E-state index contributed by atoms with van der Waals surface area (Å²) < 4.78 is 1.74. The Kier molecular flexibility index (Phi) is 3.08. The van der Waals surface area contributed by atoms with Crippen molar-refractivity contribution in [3.63, 3.8) is 0 Å². The van der Waals surface area contributed by atoms with Crippen LogP contribution in [0.2, 0.25) is 0 Å². The fourth-order valence-corrected chi connectivity index (χ4v) is 1.04. The van der Waals surface area contributed by atoms with Gasteiger partial charge in [0, 0.05) is 11.5 Å². The van der Waals surface area contributed by atoms with Gasteiger partial charge in [-0.05, 0) is 12.5 Å². The lowest BCUT2D eigenvalue weighted by atomic mass is 10.4. The van der Waals surface area contributed by atoms with Crippen molar-refractivity contribution >= 4 is 15.9 Å². The predicted molar refractivity (Wildman–Crippen MR) is 46.8 cm³/mol. The highest BCUT2D eigenvalue weighted by atomic mass is 79.9. The summed E-state index contributed by atoms with van der Waals surface area (Å²) in [6, 6.07) is 0. The quantitative estimate of drug-likeness (QED) is 0.768. The van der Waals surface area contributed by atoms with E-state index in [1.54, 1.807) is 10.9 Å². The zero-order valence-electron chi connectivity index (χ0n) is 6.37. The zero-order valence-corrected chi connectivity index (χ0v) is 7.95. The molecule has 1 heterocycles. The van der Waals surface area contributed by atoms with Gasteiger partial charge in [0.2, 0.25) is 0 Å². The van der Waals surface area contributed by atoms with Crippen LogP contribution in [0.25, 0.3) is 0 Å². The monoisotopic (exact) mass is 218 g/mol. The summed E-state index contributed by atoms with van der Waals surface area (Å²) >= 11 is 3.19. The van der Waals surface area contributed by atoms with Crippen LogP contribution in [0.1, 0.15) is 5.56 Å². The summed E-state index contributed by atoms with van der Waals surface area (Å²) in [5.74, 6) is 0. The molecule has 1 atom stereocenters. The number of aliphatic hydroxyl groups excluding tert-OH is 1. The Morgan fingerprint density at radius 1 is 1.82 bits per heavy atom. The maximum Gasteiger partial charge on any atom is 0.0832 e. The molecule has 0 spiro atoms. The highest BCUT2D eigenvalue weighted by molar-refractivity contribution is 9.09. The van der Waals surface area contributed by atoms with E-state index in [0.717, 1.165) is 5.56 Å². The van der Waals surface area contributed by atoms with Crippen molar-refractivity contribution in [1.29, 1.82) is 0 Å². The maximum absolute atomic E-state index is 9.21. The second-order valence-electron chi connectivity index (χ2n) is 2.55. The van der Waals surface area contributed by atoms with E-state index in [0.29, 0.717) is 11.9 Å². The molecule has 0 saturated heterocycles. The van der Waals surface area contributed by atoms with E-state index in [1.165, 1.54) is 0 Å². The van der Waals surface area contributed by atoms with Crippen molar-refractivity contribution in [1.82, 2.24) is 9.78 Å². The minimum atomic E-state index is -0.353. The summed E-state index contributed by atoms with van der Waals surface area (Å²) in [6.07, 6.45) is 3.33. The Morgan fingerprint density at radius 2 is 2.55 bits per heavy atom. The molecule has 0 radical (unpaired) electrons. The fraction of sp³-hybridized carbons (Fsp3) is 0.571. The van der Waals surface area contributed by atoms with Gasteiger partial charge in [0.25, 0.3) is 0 Å². The molecule has 3 nitrogen and oxygen atoms in total. The van der Waals surface area contributed by atoms with E-state index in [9.17, 15) is 5.11 Å². The van der Waals surface area contributed by atoms with Gasteiger partial charge in [0.05, 0.1) is 18.8 Å². The van der Waals surface area contributed by atoms with E-state index in [-0.39, 0.29) is 6.10 Å². The van der Waals surface area contributed by atoms with E-state index in [1.807, 2.05) is 13.1 Å². The topological polar surface area (TPSA) is 38.0 Å². The van der Waals surface area contributed by atoms with Crippen molar-refractivity contribution in [2.75, 3.05) is 5.33 Å². The zero-order chi connectivity index (χ0) is 8.27. The van der Waals surface area contributed by atoms with Gasteiger partial charge in [0.15, 0.2) is 0 Å². The minimum absolute atomic E-state index is 0.353. The molecule has 1 aromatic heterocycles. The third-order valence-electron chi connectivity index (χ3n) is 1.34. The van der Waals surface area contributed by atoms with Gasteiger partial charge < -0.3 is 5.11 Å². The van der Waals surface area contributed by atoms with Crippen molar-refractivity contribution in [2.45, 2.75) is 19.6 Å². The number of aryl methyl sites for hydroxylation is 1. The molecular weight excluding hydrogens is 208 g/mol. The average Bonchev–Trinajstić information content (AvgIpc) is 2.35. The lowest BCUT2D eigenvalue weighted by Crippen LogP contribution is -2.17. The number of alkyl halides is 1. The molecule has 0 bridgehead atoms. The molecule has 0 saturated carbocycles. The number of rotatable bonds is 3. The molecule has 4 heteroatoms. The van der Waals surface area contributed by atoms with Gasteiger partial charge >= 0.3 is 0 Å². The number of nitrogens with zero attached hydrogens (tertiary/aromatic N) is 2. The normalized spacial score (nSPS) is 13.4. The summed E-state index contributed by atoms with van der Waals surface area (Å²) in [5.41, 5.74) is 1.12. The van der Waals surface area contributed by atoms with Crippen LogP contribution in [-0.4, -0.2) is 26.3 Å². The summed E-state index contributed by atoms with van der Waals surface area (Å²) in [5, 5.41) is 13.8. The van der Waals surface area contributed by atoms with Gasteiger partial charge in [0.1, 0.15) is 0 Å². The first-order valence-electron chi connectivity index (χ1n) is 3.45. The first-order chi connectivity index (χ1) is 5.22. The van der Waals surface area contributed by atoms with Crippen LogP contribution < -0.4 is 0 Å². The smallest absolute Gasteiger partial charge is 0.0832 e. The molecule has 0 aliphatic heterocycles. The van der Waals surface area contributed by atoms with E-state index >= 15 is 0 Å². The Morgan fingerprint density at radius 3 is 3.00 bits per heavy atom. The van der Waals surface area contributed by atoms with Crippen molar-refractivity contribution in [2.24, 2.45) is 0 Å². The summed E-state index contributed by atoms with van der Waals surface area (Å²) in [4.78, 5) is 0. The van der Waals surface area contributed by atoms with Crippen LogP contribution in [0.15, 0.2) is 12.4 Å². The van der Waals surface area contributed by atoms with Crippen LogP contribution in [0.3, 0.4) is 0 Å². The lowest BCUT2D eigenvalue weighted by Gasteiger charge is -2.05. The molecular formula is C7H11BrN2O. The van der Waals surface area contributed by atoms with E-state index < -0.39 is 0 Å². The van der Waals surface area contributed by atoms with Gasteiger partial charge in [-0.1, -0.05) is 15.9 Å². The van der Waals surface area contributed by atoms with Crippen LogP contribution in [0.4, 0.5) is 0 Å². The highest BCUT2D eigenvalue weighted by Crippen LogP contribution is 1.98. The van der Waals surface area contributed by atoms with Gasteiger partial charge in [-0.3, -0.25) is 4.68 Å². The number of aromatic nitrogens is 2. The Labute approximate surface area is 74.2 Å². The fourth-order valence-electron chi connectivity index (χ4n) is 0.832. The molecule has 1 rings (SSSR count). The van der Waals surface area contributed by atoms with Gasteiger partial charge in [-0.15, -0.1) is 0 Å². The number of halogens is 1. The number of aliphatic hydroxyl groups is 1. The molecule has 1 N–H and O–H groups in total. The highest BCUT2D eigenvalue weighted by Gasteiger charge is 2.02. The van der Waals surface area contributed by atoms with Crippen LogP contribution in [-0.2, 0) is 6.54 Å². The van der Waals surface area contributed by atoms with Crippen molar-refractivity contribution in [3.8, 4) is 0 Å². The van der Waals surface area contributed by atoms with Crippen LogP contribution in [0.5, 0.6) is 0 Å². The lowest BCUT2D eigenvalue weighted by molar-refractivity contribution is 0.174. The molecule has 0 aromatic carbocycles. The Bertz CT molecular complexity index is 224. The second kappa shape index (κ2) is 3.88. The minimum Gasteiger partial charge on any atom is -0.390 e. The third-order valence-corrected chi connectivity index (χ3v) is 2.09. The van der Waals surface area contributed by atoms with Crippen molar-refractivity contribution < 1.29 is 5.11 Å². The summed E-state index contributed by atoms with van der Waals surface area (Å²) in [7, 11) is 0. The first-order valence-corrected chi connectivity index (χ1v) is 4.57. The number of hydrogen-bond donors (Lipinski definition) is 1. The Hall–Kier alpha value is -0.350. The molecule has 0 fully saturated rings.